The van der Waals surface area contributed by atoms with E-state index in [1.54, 1.807) is 45.9 Å². The lowest BCUT2D eigenvalue weighted by Crippen LogP contribution is -2.18. The van der Waals surface area contributed by atoms with Crippen molar-refractivity contribution in [1.82, 2.24) is 9.55 Å². The first kappa shape index (κ1) is 9.61. The molecule has 3 nitrogen and oxygen atoms in total. The maximum atomic E-state index is 11.4. The molecule has 72 valence electrons. The molecule has 0 bridgehead atoms. The van der Waals surface area contributed by atoms with Crippen LogP contribution in [0.2, 0.25) is 0 Å². The second-order valence-corrected chi connectivity index (χ2v) is 4.67. The van der Waals surface area contributed by atoms with Gasteiger partial charge in [-0.15, -0.1) is 11.3 Å². The molecule has 0 aliphatic heterocycles. The Balaban J connectivity index is 2.33. The quantitative estimate of drug-likeness (QED) is 0.838. The Hall–Kier alpha value is -0.940. The molecule has 5 heteroatoms. The molecule has 14 heavy (non-hydrogen) atoms. The smallest absolute Gasteiger partial charge is 0.250 e. The Morgan fingerprint density at radius 1 is 1.50 bits per heavy atom. The van der Waals surface area contributed by atoms with E-state index in [2.05, 4.69) is 20.9 Å². The van der Waals surface area contributed by atoms with Crippen molar-refractivity contribution >= 4 is 27.3 Å². The van der Waals surface area contributed by atoms with E-state index in [0.29, 0.717) is 6.54 Å². The molecule has 0 aliphatic rings. The molecule has 0 amide bonds. The van der Waals surface area contributed by atoms with E-state index < -0.39 is 0 Å². The molecule has 0 unspecified atom stereocenters. The van der Waals surface area contributed by atoms with E-state index in [0.717, 1.165) is 9.35 Å². The third kappa shape index (κ3) is 2.10. The third-order valence-electron chi connectivity index (χ3n) is 1.76. The van der Waals surface area contributed by atoms with E-state index >= 15 is 0 Å². The van der Waals surface area contributed by atoms with Crippen molar-refractivity contribution in [2.75, 3.05) is 0 Å². The van der Waals surface area contributed by atoms with Gasteiger partial charge in [-0.1, -0.05) is 0 Å². The van der Waals surface area contributed by atoms with Gasteiger partial charge in [0.05, 0.1) is 12.1 Å². The van der Waals surface area contributed by atoms with E-state index in [4.69, 9.17) is 0 Å². The fourth-order valence-electron chi connectivity index (χ4n) is 1.11. The van der Waals surface area contributed by atoms with Crippen molar-refractivity contribution in [3.8, 4) is 0 Å². The van der Waals surface area contributed by atoms with Gasteiger partial charge < -0.3 is 4.57 Å². The van der Waals surface area contributed by atoms with Gasteiger partial charge in [0.1, 0.15) is 0 Å². The molecule has 2 heterocycles. The van der Waals surface area contributed by atoms with Crippen molar-refractivity contribution in [3.05, 3.63) is 49.7 Å². The first-order valence-corrected chi connectivity index (χ1v) is 5.66. The van der Waals surface area contributed by atoms with Gasteiger partial charge in [-0.2, -0.15) is 0 Å². The van der Waals surface area contributed by atoms with Gasteiger partial charge in [-0.3, -0.25) is 9.78 Å². The summed E-state index contributed by atoms with van der Waals surface area (Å²) in [7, 11) is 0. The molecule has 0 saturated carbocycles. The second kappa shape index (κ2) is 4.06. The zero-order chi connectivity index (χ0) is 9.97. The number of rotatable bonds is 2. The summed E-state index contributed by atoms with van der Waals surface area (Å²) < 4.78 is 2.55. The van der Waals surface area contributed by atoms with Crippen LogP contribution in [-0.4, -0.2) is 9.55 Å². The van der Waals surface area contributed by atoms with Crippen LogP contribution in [0.1, 0.15) is 4.88 Å². The van der Waals surface area contributed by atoms with Crippen molar-refractivity contribution in [2.45, 2.75) is 6.54 Å². The van der Waals surface area contributed by atoms with Gasteiger partial charge >= 0.3 is 0 Å². The summed E-state index contributed by atoms with van der Waals surface area (Å²) in [4.78, 5) is 16.5. The molecular formula is C9H7BrN2OS. The topological polar surface area (TPSA) is 34.9 Å². The Kier molecular flexibility index (Phi) is 2.79. The first-order chi connectivity index (χ1) is 6.75. The minimum absolute atomic E-state index is 0.00148. The van der Waals surface area contributed by atoms with Crippen LogP contribution in [-0.2, 0) is 6.54 Å². The zero-order valence-electron chi connectivity index (χ0n) is 7.18. The normalized spacial score (nSPS) is 10.4. The predicted molar refractivity (Wildman–Crippen MR) is 59.6 cm³/mol. The van der Waals surface area contributed by atoms with E-state index in [1.807, 2.05) is 0 Å². The molecule has 0 aromatic carbocycles. The fraction of sp³-hybridized carbons (Fsp3) is 0.111. The van der Waals surface area contributed by atoms with Crippen LogP contribution >= 0.6 is 27.3 Å². The molecule has 0 radical (unpaired) electrons. The highest BCUT2D eigenvalue weighted by molar-refractivity contribution is 9.10. The fourth-order valence-corrected chi connectivity index (χ4v) is 2.09. The molecule has 0 spiro atoms. The number of halogens is 1. The van der Waals surface area contributed by atoms with Gasteiger partial charge in [-0.25, -0.2) is 0 Å². The number of nitrogens with zero attached hydrogens (tertiary/aromatic N) is 2. The Morgan fingerprint density at radius 2 is 2.36 bits per heavy atom. The average Bonchev–Trinajstić information content (AvgIpc) is 2.64. The molecule has 0 N–H and O–H groups in total. The van der Waals surface area contributed by atoms with Crippen molar-refractivity contribution < 1.29 is 0 Å². The van der Waals surface area contributed by atoms with Crippen LogP contribution in [0.5, 0.6) is 0 Å². The van der Waals surface area contributed by atoms with Crippen LogP contribution in [0, 0.1) is 0 Å². The minimum Gasteiger partial charge on any atom is -0.309 e. The lowest BCUT2D eigenvalue weighted by Gasteiger charge is -2.02. The van der Waals surface area contributed by atoms with Crippen molar-refractivity contribution in [3.63, 3.8) is 0 Å². The zero-order valence-corrected chi connectivity index (χ0v) is 9.59. The first-order valence-electron chi connectivity index (χ1n) is 3.99. The standard InChI is InChI=1S/C9H7BrN2OS/c10-7-1-2-9(13)12(4-7)5-8-3-11-6-14-8/h1-4,6H,5H2. The van der Waals surface area contributed by atoms with Gasteiger partial charge in [0.2, 0.25) is 0 Å². The number of pyridine rings is 1. The highest BCUT2D eigenvalue weighted by atomic mass is 79.9. The van der Waals surface area contributed by atoms with Crippen LogP contribution in [0.15, 0.2) is 39.3 Å². The molecular weight excluding hydrogens is 264 g/mol. The van der Waals surface area contributed by atoms with Gasteiger partial charge in [-0.05, 0) is 22.0 Å². The number of hydrogen-bond acceptors (Lipinski definition) is 3. The highest BCUT2D eigenvalue weighted by Crippen LogP contribution is 2.09. The maximum Gasteiger partial charge on any atom is 0.250 e. The predicted octanol–water partition coefficient (Wildman–Crippen LogP) is 2.12. The largest absolute Gasteiger partial charge is 0.309 e. The summed E-state index contributed by atoms with van der Waals surface area (Å²) in [6, 6.07) is 3.29. The highest BCUT2D eigenvalue weighted by Gasteiger charge is 1.99. The van der Waals surface area contributed by atoms with Gasteiger partial charge in [0.25, 0.3) is 5.56 Å². The molecule has 0 fully saturated rings. The average molecular weight is 271 g/mol. The van der Waals surface area contributed by atoms with Crippen LogP contribution in [0.4, 0.5) is 0 Å². The van der Waals surface area contributed by atoms with E-state index in [9.17, 15) is 4.79 Å². The van der Waals surface area contributed by atoms with Crippen LogP contribution < -0.4 is 5.56 Å². The van der Waals surface area contributed by atoms with Gasteiger partial charge in [0.15, 0.2) is 0 Å². The number of thiazole rings is 1. The van der Waals surface area contributed by atoms with Crippen LogP contribution in [0.25, 0.3) is 0 Å². The monoisotopic (exact) mass is 270 g/mol. The van der Waals surface area contributed by atoms with Crippen molar-refractivity contribution in [1.29, 1.82) is 0 Å². The Morgan fingerprint density at radius 3 is 3.07 bits per heavy atom. The van der Waals surface area contributed by atoms with E-state index in [1.165, 1.54) is 0 Å². The van der Waals surface area contributed by atoms with Gasteiger partial charge in [0, 0.05) is 27.8 Å². The molecule has 0 saturated heterocycles. The molecule has 0 atom stereocenters. The maximum absolute atomic E-state index is 11.4. The minimum atomic E-state index is 0.00148. The Bertz CT molecular complexity index is 478. The lowest BCUT2D eigenvalue weighted by molar-refractivity contribution is 0.765. The summed E-state index contributed by atoms with van der Waals surface area (Å²) in [5.74, 6) is 0. The summed E-state index contributed by atoms with van der Waals surface area (Å²) in [5, 5.41) is 0. The molecule has 2 aromatic heterocycles. The van der Waals surface area contributed by atoms with Crippen molar-refractivity contribution in [2.24, 2.45) is 0 Å². The summed E-state index contributed by atoms with van der Waals surface area (Å²) in [6.07, 6.45) is 3.56. The Labute approximate surface area is 93.2 Å². The third-order valence-corrected chi connectivity index (χ3v) is 2.99. The summed E-state index contributed by atoms with van der Waals surface area (Å²) in [6.45, 7) is 0.586. The molecule has 2 rings (SSSR count). The summed E-state index contributed by atoms with van der Waals surface area (Å²) in [5.41, 5.74) is 1.76. The lowest BCUT2D eigenvalue weighted by atomic mass is 10.4. The number of aromatic nitrogens is 2. The van der Waals surface area contributed by atoms with Crippen LogP contribution in [0.3, 0.4) is 0 Å². The summed E-state index contributed by atoms with van der Waals surface area (Å²) >= 11 is 4.87. The number of hydrogen-bond donors (Lipinski definition) is 0. The molecule has 2 aromatic rings. The SMILES string of the molecule is O=c1ccc(Br)cn1Cc1cncs1. The second-order valence-electron chi connectivity index (χ2n) is 2.78. The van der Waals surface area contributed by atoms with E-state index in [-0.39, 0.29) is 5.56 Å². The molecule has 0 aliphatic carbocycles.